The molecule has 0 spiro atoms. The van der Waals surface area contributed by atoms with E-state index in [9.17, 15) is 19.1 Å². The first-order valence-corrected chi connectivity index (χ1v) is 8.38. The third-order valence-corrected chi connectivity index (χ3v) is 4.49. The number of carbonyl (C=O) groups is 1. The molecule has 8 heteroatoms. The average molecular weight is 378 g/mol. The van der Waals surface area contributed by atoms with Crippen LogP contribution in [0.3, 0.4) is 0 Å². The third-order valence-electron chi connectivity index (χ3n) is 4.20. The maximum Gasteiger partial charge on any atom is 0.323 e. The van der Waals surface area contributed by atoms with E-state index < -0.39 is 11.8 Å². The Morgan fingerprint density at radius 2 is 2.04 bits per heavy atom. The maximum atomic E-state index is 14.0. The fourth-order valence-electron chi connectivity index (χ4n) is 3.11. The van der Waals surface area contributed by atoms with Gasteiger partial charge in [0.1, 0.15) is 12.4 Å². The lowest BCUT2D eigenvalue weighted by Crippen LogP contribution is -2.24. The second kappa shape index (κ2) is 6.57. The van der Waals surface area contributed by atoms with Crippen molar-refractivity contribution in [1.29, 1.82) is 0 Å². The van der Waals surface area contributed by atoms with Gasteiger partial charge in [0.25, 0.3) is 5.56 Å². The summed E-state index contributed by atoms with van der Waals surface area (Å²) in [5.74, 6) is -1.58. The van der Waals surface area contributed by atoms with Crippen LogP contribution in [0.1, 0.15) is 25.6 Å². The molecule has 0 aliphatic rings. The SMILES string of the molecule is Cc1c(-c2ccc(=O)n(C(C)C)n2)c2cc(F)cc(Cl)c2n1CC(=O)O. The summed E-state index contributed by atoms with van der Waals surface area (Å²) in [4.78, 5) is 23.3. The molecule has 0 aliphatic carbocycles. The highest BCUT2D eigenvalue weighted by molar-refractivity contribution is 6.35. The molecule has 0 aliphatic heterocycles. The minimum absolute atomic E-state index is 0.118. The van der Waals surface area contributed by atoms with Crippen molar-refractivity contribution in [2.75, 3.05) is 0 Å². The quantitative estimate of drug-likeness (QED) is 0.753. The molecule has 0 amide bonds. The van der Waals surface area contributed by atoms with E-state index in [0.29, 0.717) is 27.9 Å². The van der Waals surface area contributed by atoms with Gasteiger partial charge >= 0.3 is 5.97 Å². The molecule has 0 bridgehead atoms. The van der Waals surface area contributed by atoms with Crippen LogP contribution in [0.2, 0.25) is 5.02 Å². The molecule has 0 radical (unpaired) electrons. The first kappa shape index (κ1) is 18.1. The van der Waals surface area contributed by atoms with Crippen LogP contribution < -0.4 is 5.56 Å². The van der Waals surface area contributed by atoms with E-state index in [0.717, 1.165) is 6.07 Å². The van der Waals surface area contributed by atoms with Crippen molar-refractivity contribution < 1.29 is 14.3 Å². The van der Waals surface area contributed by atoms with Crippen molar-refractivity contribution in [3.8, 4) is 11.3 Å². The van der Waals surface area contributed by atoms with E-state index in [1.807, 2.05) is 13.8 Å². The summed E-state index contributed by atoms with van der Waals surface area (Å²) in [6, 6.07) is 5.23. The molecule has 3 rings (SSSR count). The lowest BCUT2D eigenvalue weighted by Gasteiger charge is -2.10. The molecule has 2 aromatic heterocycles. The Bertz CT molecular complexity index is 1090. The number of rotatable bonds is 4. The standard InChI is InChI=1S/C18H17ClFN3O3/c1-9(2)23-15(24)5-4-14(21-23)17-10(3)22(8-16(25)26)18-12(17)6-11(20)7-13(18)19/h4-7,9H,8H2,1-3H3,(H,25,26). The maximum absolute atomic E-state index is 14.0. The van der Waals surface area contributed by atoms with Gasteiger partial charge in [0.15, 0.2) is 0 Å². The molecule has 26 heavy (non-hydrogen) atoms. The van der Waals surface area contributed by atoms with Crippen molar-refractivity contribution in [2.24, 2.45) is 0 Å². The minimum Gasteiger partial charge on any atom is -0.480 e. The number of halogens is 2. The van der Waals surface area contributed by atoms with Crippen LogP contribution in [0, 0.1) is 12.7 Å². The number of hydrogen-bond acceptors (Lipinski definition) is 3. The first-order chi connectivity index (χ1) is 12.2. The van der Waals surface area contributed by atoms with E-state index in [4.69, 9.17) is 11.6 Å². The van der Waals surface area contributed by atoms with Crippen LogP contribution >= 0.6 is 11.6 Å². The predicted molar refractivity (Wildman–Crippen MR) is 97.2 cm³/mol. The molecule has 6 nitrogen and oxygen atoms in total. The van der Waals surface area contributed by atoms with Crippen LogP contribution in [0.5, 0.6) is 0 Å². The monoisotopic (exact) mass is 377 g/mol. The number of aromatic nitrogens is 3. The Kier molecular flexibility index (Phi) is 4.58. The highest BCUT2D eigenvalue weighted by Gasteiger charge is 2.22. The Morgan fingerprint density at radius 3 is 2.65 bits per heavy atom. The molecule has 0 fully saturated rings. The van der Waals surface area contributed by atoms with Crippen LogP contribution in [0.4, 0.5) is 4.39 Å². The Balaban J connectivity index is 2.40. The number of carboxylic acid groups (broad SMARTS) is 1. The summed E-state index contributed by atoms with van der Waals surface area (Å²) in [5.41, 5.74) is 1.76. The van der Waals surface area contributed by atoms with Gasteiger partial charge in [0.2, 0.25) is 0 Å². The summed E-state index contributed by atoms with van der Waals surface area (Å²) in [6.07, 6.45) is 0. The van der Waals surface area contributed by atoms with Gasteiger partial charge in [-0.1, -0.05) is 11.6 Å². The smallest absolute Gasteiger partial charge is 0.323 e. The zero-order chi connectivity index (χ0) is 19.2. The van der Waals surface area contributed by atoms with Crippen molar-refractivity contribution in [3.63, 3.8) is 0 Å². The molecule has 0 saturated heterocycles. The number of benzene rings is 1. The van der Waals surface area contributed by atoms with Crippen molar-refractivity contribution in [3.05, 3.63) is 51.2 Å². The predicted octanol–water partition coefficient (Wildman–Crippen LogP) is 3.63. The average Bonchev–Trinajstić information content (AvgIpc) is 2.79. The lowest BCUT2D eigenvalue weighted by atomic mass is 10.1. The topological polar surface area (TPSA) is 77.1 Å². The van der Waals surface area contributed by atoms with Gasteiger partial charge in [0, 0.05) is 22.7 Å². The summed E-state index contributed by atoms with van der Waals surface area (Å²) in [6.45, 7) is 5.06. The number of fused-ring (bicyclic) bond motifs is 1. The molecule has 1 N–H and O–H groups in total. The lowest BCUT2D eigenvalue weighted by molar-refractivity contribution is -0.137. The number of nitrogens with zero attached hydrogens (tertiary/aromatic N) is 3. The second-order valence-electron chi connectivity index (χ2n) is 6.32. The highest BCUT2D eigenvalue weighted by atomic mass is 35.5. The van der Waals surface area contributed by atoms with Crippen molar-refractivity contribution in [2.45, 2.75) is 33.4 Å². The van der Waals surface area contributed by atoms with Gasteiger partial charge in [-0.25, -0.2) is 9.07 Å². The summed E-state index contributed by atoms with van der Waals surface area (Å²) in [5, 5.41) is 14.2. The zero-order valence-corrected chi connectivity index (χ0v) is 15.2. The second-order valence-corrected chi connectivity index (χ2v) is 6.73. The molecule has 0 atom stereocenters. The largest absolute Gasteiger partial charge is 0.480 e. The van der Waals surface area contributed by atoms with Crippen LogP contribution in [-0.4, -0.2) is 25.4 Å². The van der Waals surface area contributed by atoms with E-state index in [2.05, 4.69) is 5.10 Å². The minimum atomic E-state index is -1.04. The van der Waals surface area contributed by atoms with Crippen molar-refractivity contribution in [1.82, 2.24) is 14.3 Å². The number of hydrogen-bond donors (Lipinski definition) is 1. The Hall–Kier alpha value is -2.67. The molecule has 1 aromatic carbocycles. The summed E-state index contributed by atoms with van der Waals surface area (Å²) < 4.78 is 16.8. The van der Waals surface area contributed by atoms with Gasteiger partial charge in [-0.05, 0) is 39.0 Å². The first-order valence-electron chi connectivity index (χ1n) is 8.00. The van der Waals surface area contributed by atoms with Gasteiger partial charge in [-0.3, -0.25) is 9.59 Å². The molecule has 0 saturated carbocycles. The van der Waals surface area contributed by atoms with E-state index in [1.54, 1.807) is 13.0 Å². The van der Waals surface area contributed by atoms with Gasteiger partial charge in [0.05, 0.1) is 22.3 Å². The third kappa shape index (κ3) is 2.99. The molecular weight excluding hydrogens is 361 g/mol. The fourth-order valence-corrected chi connectivity index (χ4v) is 3.42. The summed E-state index contributed by atoms with van der Waals surface area (Å²) in [7, 11) is 0. The van der Waals surface area contributed by atoms with Crippen LogP contribution in [-0.2, 0) is 11.3 Å². The highest BCUT2D eigenvalue weighted by Crippen LogP contribution is 2.37. The van der Waals surface area contributed by atoms with Crippen LogP contribution in [0.15, 0.2) is 29.1 Å². The summed E-state index contributed by atoms with van der Waals surface area (Å²) >= 11 is 6.20. The van der Waals surface area contributed by atoms with Crippen LogP contribution in [0.25, 0.3) is 22.2 Å². The molecule has 3 aromatic rings. The fraction of sp³-hybridized carbons (Fsp3) is 0.278. The molecule has 0 unspecified atom stereocenters. The Labute approximate surface area is 153 Å². The zero-order valence-electron chi connectivity index (χ0n) is 14.5. The molecule has 2 heterocycles. The van der Waals surface area contributed by atoms with Crippen molar-refractivity contribution >= 4 is 28.5 Å². The molecular formula is C18H17ClFN3O3. The van der Waals surface area contributed by atoms with Gasteiger partial charge in [-0.2, -0.15) is 5.10 Å². The Morgan fingerprint density at radius 1 is 1.35 bits per heavy atom. The van der Waals surface area contributed by atoms with Gasteiger partial charge in [-0.15, -0.1) is 0 Å². The normalized spacial score (nSPS) is 11.5. The van der Waals surface area contributed by atoms with E-state index in [-0.39, 0.29) is 23.2 Å². The number of aliphatic carboxylic acids is 1. The van der Waals surface area contributed by atoms with E-state index >= 15 is 0 Å². The van der Waals surface area contributed by atoms with Gasteiger partial charge < -0.3 is 9.67 Å². The number of carboxylic acids is 1. The van der Waals surface area contributed by atoms with E-state index in [1.165, 1.54) is 21.4 Å². The molecule has 136 valence electrons.